The molecule has 4 aromatic rings. The van der Waals surface area contributed by atoms with Gasteiger partial charge < -0.3 is 9.32 Å². The molecule has 2 atom stereocenters. The van der Waals surface area contributed by atoms with Gasteiger partial charge in [-0.3, -0.25) is 0 Å². The second-order valence-electron chi connectivity index (χ2n) is 6.20. The lowest BCUT2D eigenvalue weighted by Gasteiger charge is -2.31. The predicted octanol–water partition coefficient (Wildman–Crippen LogP) is 4.26. The number of nitrogens with one attached hydrogen (secondary N) is 1. The van der Waals surface area contributed by atoms with E-state index in [2.05, 4.69) is 40.4 Å². The fourth-order valence-corrected chi connectivity index (χ4v) is 6.06. The van der Waals surface area contributed by atoms with Crippen molar-refractivity contribution in [1.82, 2.24) is 4.98 Å². The number of hydrogen-bond acceptors (Lipinski definition) is 5. The summed E-state index contributed by atoms with van der Waals surface area (Å²) in [5, 5.41) is 6.47. The average Bonchev–Trinajstić information content (AvgIpc) is 3.39. The summed E-state index contributed by atoms with van der Waals surface area (Å²) < 4.78 is 5.72. The number of oxazole rings is 1. The van der Waals surface area contributed by atoms with E-state index in [0.717, 1.165) is 36.0 Å². The SMILES string of the molecule is c1csc(-c2nc(C[NH+]3CCc4sccc4[C@H]3c3cccs3)co2)c1. The van der Waals surface area contributed by atoms with E-state index in [1.165, 1.54) is 10.4 Å². The van der Waals surface area contributed by atoms with Crippen LogP contribution in [0.2, 0.25) is 0 Å². The number of fused-ring (bicyclic) bond motifs is 1. The fourth-order valence-electron chi connectivity index (χ4n) is 3.58. The Morgan fingerprint density at radius 3 is 2.84 bits per heavy atom. The molecule has 3 nitrogen and oxygen atoms in total. The molecule has 1 N–H and O–H groups in total. The molecule has 0 amide bonds. The van der Waals surface area contributed by atoms with Crippen LogP contribution >= 0.6 is 34.0 Å². The van der Waals surface area contributed by atoms with Crippen molar-refractivity contribution in [2.45, 2.75) is 19.0 Å². The van der Waals surface area contributed by atoms with Crippen LogP contribution in [-0.2, 0) is 13.0 Å². The van der Waals surface area contributed by atoms with Crippen molar-refractivity contribution in [2.24, 2.45) is 0 Å². The van der Waals surface area contributed by atoms with Crippen LogP contribution in [0.25, 0.3) is 10.8 Å². The van der Waals surface area contributed by atoms with Crippen LogP contribution in [0.3, 0.4) is 0 Å². The molecule has 0 spiro atoms. The average molecular weight is 386 g/mol. The van der Waals surface area contributed by atoms with Gasteiger partial charge in [-0.1, -0.05) is 12.1 Å². The number of thiophene rings is 3. The third-order valence-electron chi connectivity index (χ3n) is 4.69. The molecular weight excluding hydrogens is 368 g/mol. The maximum atomic E-state index is 5.72. The van der Waals surface area contributed by atoms with E-state index < -0.39 is 0 Å². The maximum Gasteiger partial charge on any atom is 0.236 e. The minimum absolute atomic E-state index is 0.414. The molecular formula is C19H17N2OS3+. The van der Waals surface area contributed by atoms with Crippen LogP contribution in [0.15, 0.2) is 57.2 Å². The Balaban J connectivity index is 1.45. The van der Waals surface area contributed by atoms with Crippen LogP contribution in [0, 0.1) is 0 Å². The maximum absolute atomic E-state index is 5.72. The fraction of sp³-hybridized carbons (Fsp3) is 0.211. The summed E-state index contributed by atoms with van der Waals surface area (Å²) >= 11 is 5.42. The first-order chi connectivity index (χ1) is 12.4. The molecule has 0 radical (unpaired) electrons. The van der Waals surface area contributed by atoms with Gasteiger partial charge in [0.25, 0.3) is 0 Å². The number of nitrogens with zero attached hydrogens (tertiary/aromatic N) is 1. The third kappa shape index (κ3) is 2.89. The molecule has 0 aliphatic carbocycles. The highest BCUT2D eigenvalue weighted by atomic mass is 32.1. The lowest BCUT2D eigenvalue weighted by molar-refractivity contribution is -0.941. The first-order valence-corrected chi connectivity index (χ1v) is 10.9. The van der Waals surface area contributed by atoms with Gasteiger partial charge in [-0.25, -0.2) is 4.98 Å². The van der Waals surface area contributed by atoms with Gasteiger partial charge in [-0.15, -0.1) is 34.0 Å². The number of quaternary nitrogens is 1. The smallest absolute Gasteiger partial charge is 0.236 e. The first kappa shape index (κ1) is 15.5. The molecule has 0 saturated heterocycles. The van der Waals surface area contributed by atoms with Crippen molar-refractivity contribution in [2.75, 3.05) is 6.54 Å². The van der Waals surface area contributed by atoms with Gasteiger partial charge in [-0.2, -0.15) is 0 Å². The molecule has 6 heteroatoms. The molecule has 1 aliphatic rings. The highest BCUT2D eigenvalue weighted by Crippen LogP contribution is 2.32. The van der Waals surface area contributed by atoms with E-state index in [0.29, 0.717) is 6.04 Å². The van der Waals surface area contributed by atoms with E-state index in [-0.39, 0.29) is 0 Å². The zero-order chi connectivity index (χ0) is 16.6. The van der Waals surface area contributed by atoms with E-state index in [1.54, 1.807) is 21.1 Å². The van der Waals surface area contributed by atoms with Crippen molar-refractivity contribution in [3.63, 3.8) is 0 Å². The lowest BCUT2D eigenvalue weighted by Crippen LogP contribution is -3.12. The molecule has 126 valence electrons. The Hall–Kier alpha value is -1.73. The monoisotopic (exact) mass is 385 g/mol. The molecule has 1 unspecified atom stereocenters. The molecule has 0 fully saturated rings. The molecule has 5 rings (SSSR count). The molecule has 0 aromatic carbocycles. The number of aromatic nitrogens is 1. The highest BCUT2D eigenvalue weighted by Gasteiger charge is 2.34. The van der Waals surface area contributed by atoms with E-state index in [1.807, 2.05) is 35.0 Å². The number of rotatable bonds is 4. The predicted molar refractivity (Wildman–Crippen MR) is 104 cm³/mol. The van der Waals surface area contributed by atoms with Gasteiger partial charge in [0.2, 0.25) is 5.89 Å². The molecule has 1 aliphatic heterocycles. The molecule has 0 bridgehead atoms. The first-order valence-electron chi connectivity index (χ1n) is 8.31. The van der Waals surface area contributed by atoms with Gasteiger partial charge in [0.15, 0.2) is 0 Å². The third-order valence-corrected chi connectivity index (χ3v) is 7.48. The van der Waals surface area contributed by atoms with Crippen LogP contribution in [0.4, 0.5) is 0 Å². The molecule has 4 aromatic heterocycles. The normalized spacial score (nSPS) is 19.8. The summed E-state index contributed by atoms with van der Waals surface area (Å²) in [5.41, 5.74) is 2.54. The molecule has 25 heavy (non-hydrogen) atoms. The highest BCUT2D eigenvalue weighted by molar-refractivity contribution is 7.13. The summed E-state index contributed by atoms with van der Waals surface area (Å²) in [4.78, 5) is 10.4. The van der Waals surface area contributed by atoms with Crippen molar-refractivity contribution < 1.29 is 9.32 Å². The standard InChI is InChI=1S/C19H16N2OS3/c1-3-16(23-8-1)18-14-6-10-25-15(14)5-7-21(18)11-13-12-22-19(20-13)17-4-2-9-24-17/h1-4,6,8-10,12,18H,5,7,11H2/p+1/t18-/m0/s1. The summed E-state index contributed by atoms with van der Waals surface area (Å²) in [5.74, 6) is 0.741. The molecule has 5 heterocycles. The summed E-state index contributed by atoms with van der Waals surface area (Å²) in [6.07, 6.45) is 2.98. The molecule has 0 saturated carbocycles. The van der Waals surface area contributed by atoms with Gasteiger partial charge in [0.05, 0.1) is 16.3 Å². The second kappa shape index (κ2) is 6.53. The minimum Gasteiger partial charge on any atom is -0.443 e. The van der Waals surface area contributed by atoms with Crippen LogP contribution in [0.1, 0.15) is 27.1 Å². The van der Waals surface area contributed by atoms with Gasteiger partial charge in [-0.05, 0) is 34.3 Å². The topological polar surface area (TPSA) is 30.5 Å². The Bertz CT molecular complexity index is 953. The van der Waals surface area contributed by atoms with E-state index >= 15 is 0 Å². The van der Waals surface area contributed by atoms with Gasteiger partial charge >= 0.3 is 0 Å². The van der Waals surface area contributed by atoms with E-state index in [9.17, 15) is 0 Å². The Morgan fingerprint density at radius 1 is 1.08 bits per heavy atom. The minimum atomic E-state index is 0.414. The quantitative estimate of drug-likeness (QED) is 0.569. The summed E-state index contributed by atoms with van der Waals surface area (Å²) in [6.45, 7) is 2.03. The zero-order valence-corrected chi connectivity index (χ0v) is 15.9. The summed E-state index contributed by atoms with van der Waals surface area (Å²) in [7, 11) is 0. The van der Waals surface area contributed by atoms with E-state index in [4.69, 9.17) is 9.40 Å². The van der Waals surface area contributed by atoms with Crippen molar-refractivity contribution >= 4 is 34.0 Å². The summed E-state index contributed by atoms with van der Waals surface area (Å²) in [6, 6.07) is 11.2. The number of hydrogen-bond donors (Lipinski definition) is 1. The Morgan fingerprint density at radius 2 is 2.00 bits per heavy atom. The van der Waals surface area contributed by atoms with Crippen LogP contribution in [0.5, 0.6) is 0 Å². The zero-order valence-electron chi connectivity index (χ0n) is 13.5. The van der Waals surface area contributed by atoms with Crippen molar-refractivity contribution in [3.8, 4) is 10.8 Å². The van der Waals surface area contributed by atoms with Crippen LogP contribution in [-0.4, -0.2) is 11.5 Å². The Kier molecular flexibility index (Phi) is 4.06. The van der Waals surface area contributed by atoms with Crippen molar-refractivity contribution in [3.05, 3.63) is 73.7 Å². The lowest BCUT2D eigenvalue weighted by atomic mass is 9.98. The second-order valence-corrected chi connectivity index (χ2v) is 9.13. The van der Waals surface area contributed by atoms with Gasteiger partial charge in [0.1, 0.15) is 24.5 Å². The largest absolute Gasteiger partial charge is 0.443 e. The Labute approximate surface area is 158 Å². The van der Waals surface area contributed by atoms with Crippen molar-refractivity contribution in [1.29, 1.82) is 0 Å². The van der Waals surface area contributed by atoms with Gasteiger partial charge in [0, 0.05) is 16.9 Å². The van der Waals surface area contributed by atoms with Crippen LogP contribution < -0.4 is 4.90 Å².